The van der Waals surface area contributed by atoms with E-state index in [1.807, 2.05) is 91.0 Å². The Morgan fingerprint density at radius 3 is 2.29 bits per heavy atom. The summed E-state index contributed by atoms with van der Waals surface area (Å²) < 4.78 is 16.8. The summed E-state index contributed by atoms with van der Waals surface area (Å²) in [6.07, 6.45) is -0.899. The molecular weight excluding hydrogens is 653 g/mol. The lowest BCUT2D eigenvalue weighted by molar-refractivity contribution is -0.268. The first-order valence-electron chi connectivity index (χ1n) is 14.5. The number of aliphatic hydroxyl groups excluding tert-OH is 1. The van der Waals surface area contributed by atoms with Gasteiger partial charge in [0.25, 0.3) is 9.70 Å². The Bertz CT molecular complexity index is 1580. The molecule has 1 aliphatic heterocycles. The van der Waals surface area contributed by atoms with Gasteiger partial charge in [0.2, 0.25) is 0 Å². The molecule has 1 amide bonds. The van der Waals surface area contributed by atoms with E-state index in [1.54, 1.807) is 18.9 Å². The number of rotatable bonds is 10. The summed E-state index contributed by atoms with van der Waals surface area (Å²) in [5.74, 6) is 0.938. The number of amides is 1. The molecule has 1 saturated heterocycles. The van der Waals surface area contributed by atoms with Crippen LogP contribution in [0.15, 0.2) is 102 Å². The summed E-state index contributed by atoms with van der Waals surface area (Å²) in [6, 6.07) is 31.8. The highest BCUT2D eigenvalue weighted by Gasteiger charge is 2.38. The molecule has 0 bridgehead atoms. The summed E-state index contributed by atoms with van der Waals surface area (Å²) in [7, 11) is 1.68. The lowest BCUT2D eigenvalue weighted by atomic mass is 9.91. The van der Waals surface area contributed by atoms with E-state index in [2.05, 4.69) is 18.3 Å². The fourth-order valence-electron chi connectivity index (χ4n) is 5.20. The zero-order chi connectivity index (χ0) is 32.0. The van der Waals surface area contributed by atoms with Crippen LogP contribution in [-0.2, 0) is 27.4 Å². The number of thioether (sulfide) groups is 1. The molecule has 0 unspecified atom stereocenters. The van der Waals surface area contributed by atoms with Gasteiger partial charge in [-0.2, -0.15) is 0 Å². The average molecular weight is 687 g/mol. The van der Waals surface area contributed by atoms with Crippen LogP contribution in [0, 0.1) is 5.92 Å². The van der Waals surface area contributed by atoms with Crippen LogP contribution in [0.2, 0.25) is 0 Å². The van der Waals surface area contributed by atoms with E-state index < -0.39 is 16.0 Å². The van der Waals surface area contributed by atoms with Crippen LogP contribution in [0.3, 0.4) is 0 Å². The largest absolute Gasteiger partial charge is 0.496 e. The molecule has 0 spiro atoms. The van der Waals surface area contributed by atoms with Gasteiger partial charge in [0.05, 0.1) is 25.9 Å². The molecule has 0 aromatic heterocycles. The van der Waals surface area contributed by atoms with Gasteiger partial charge in [0.1, 0.15) is 5.75 Å². The van der Waals surface area contributed by atoms with Crippen molar-refractivity contribution in [2.75, 3.05) is 12.9 Å². The predicted octanol–water partition coefficient (Wildman–Crippen LogP) is 8.42. The Kier molecular flexibility index (Phi) is 11.4. The van der Waals surface area contributed by atoms with E-state index >= 15 is 0 Å². The minimum absolute atomic E-state index is 0.00980. The number of ether oxygens (including phenoxy) is 3. The zero-order valence-corrected chi connectivity index (χ0v) is 27.9. The number of para-hydroxylation sites is 1. The number of carbonyl (C=O) groups excluding carboxylic acids is 1. The fourth-order valence-corrected chi connectivity index (χ4v) is 6.59. The third kappa shape index (κ3) is 8.54. The number of hydrogen-bond acceptors (Lipinski definition) is 6. The van der Waals surface area contributed by atoms with Gasteiger partial charge in [-0.05, 0) is 46.0 Å². The molecule has 0 saturated carbocycles. The van der Waals surface area contributed by atoms with Crippen molar-refractivity contribution in [2.24, 2.45) is 5.92 Å². The molecule has 4 aromatic rings. The van der Waals surface area contributed by atoms with Gasteiger partial charge in [-0.15, -0.1) is 11.8 Å². The molecule has 1 fully saturated rings. The Labute approximate surface area is 282 Å². The second-order valence-corrected chi connectivity index (χ2v) is 14.1. The minimum atomic E-state index is -2.01. The van der Waals surface area contributed by atoms with Crippen molar-refractivity contribution in [1.82, 2.24) is 5.32 Å². The first kappa shape index (κ1) is 33.6. The highest BCUT2D eigenvalue weighted by molar-refractivity contribution is 7.99. The normalized spacial score (nSPS) is 20.0. The smallest absolute Gasteiger partial charge is 0.272 e. The van der Waals surface area contributed by atoms with Crippen LogP contribution < -0.4 is 10.1 Å². The van der Waals surface area contributed by atoms with Gasteiger partial charge in [-0.25, -0.2) is 0 Å². The van der Waals surface area contributed by atoms with Gasteiger partial charge >= 0.3 is 0 Å². The summed E-state index contributed by atoms with van der Waals surface area (Å²) >= 11 is 18.7. The Morgan fingerprint density at radius 1 is 0.889 bits per heavy atom. The quantitative estimate of drug-likeness (QED) is 0.129. The van der Waals surface area contributed by atoms with E-state index in [-0.39, 0.29) is 31.3 Å². The topological polar surface area (TPSA) is 77.0 Å². The molecular formula is C35H34Cl3NO5S. The molecule has 10 heteroatoms. The van der Waals surface area contributed by atoms with Crippen molar-refractivity contribution < 1.29 is 24.1 Å². The highest BCUT2D eigenvalue weighted by atomic mass is 35.6. The second-order valence-electron chi connectivity index (χ2n) is 10.8. The molecule has 1 heterocycles. The van der Waals surface area contributed by atoms with Crippen LogP contribution in [0.1, 0.15) is 41.6 Å². The van der Waals surface area contributed by atoms with Crippen molar-refractivity contribution in [2.45, 2.75) is 47.3 Å². The Hall–Kier alpha value is -2.75. The maximum Gasteiger partial charge on any atom is 0.272 e. The SMILES string of the molecule is COc1ccccc1SC[C@@H]1O[C@H](c2ccc(-c3cccc(CNC(=O)C(Cl)(Cl)Cl)c3)cc2)O[C@H](c2ccc(CO)cc2)[C@@H]1C. The number of hydrogen-bond donors (Lipinski definition) is 2. The van der Waals surface area contributed by atoms with Crippen LogP contribution in [0.5, 0.6) is 5.75 Å². The predicted molar refractivity (Wildman–Crippen MR) is 181 cm³/mol. The number of aliphatic hydroxyl groups is 1. The van der Waals surface area contributed by atoms with Crippen molar-refractivity contribution >= 4 is 52.5 Å². The lowest BCUT2D eigenvalue weighted by Crippen LogP contribution is -2.38. The first-order chi connectivity index (χ1) is 21.7. The summed E-state index contributed by atoms with van der Waals surface area (Å²) in [6.45, 7) is 2.37. The monoisotopic (exact) mass is 685 g/mol. The third-order valence-corrected chi connectivity index (χ3v) is 9.41. The number of methoxy groups -OCH3 is 1. The first-order valence-corrected chi connectivity index (χ1v) is 16.6. The van der Waals surface area contributed by atoms with E-state index in [9.17, 15) is 9.90 Å². The van der Waals surface area contributed by atoms with E-state index in [0.717, 1.165) is 44.0 Å². The van der Waals surface area contributed by atoms with Crippen LogP contribution in [0.25, 0.3) is 11.1 Å². The van der Waals surface area contributed by atoms with Crippen molar-refractivity contribution in [3.05, 3.63) is 119 Å². The molecule has 0 radical (unpaired) electrons. The molecule has 5 rings (SSSR count). The Morgan fingerprint density at radius 2 is 1.60 bits per heavy atom. The van der Waals surface area contributed by atoms with Gasteiger partial charge in [-0.1, -0.05) is 121 Å². The van der Waals surface area contributed by atoms with Gasteiger partial charge in [0, 0.05) is 28.7 Å². The van der Waals surface area contributed by atoms with Crippen molar-refractivity contribution in [3.63, 3.8) is 0 Å². The van der Waals surface area contributed by atoms with Crippen molar-refractivity contribution in [1.29, 1.82) is 0 Å². The zero-order valence-electron chi connectivity index (χ0n) is 24.8. The number of benzene rings is 4. The van der Waals surface area contributed by atoms with Crippen LogP contribution in [0.4, 0.5) is 0 Å². The number of nitrogens with one attached hydrogen (secondary N) is 1. The van der Waals surface area contributed by atoms with E-state index in [0.29, 0.717) is 5.75 Å². The molecule has 0 aliphatic carbocycles. The third-order valence-electron chi connectivity index (χ3n) is 7.75. The van der Waals surface area contributed by atoms with Crippen LogP contribution >= 0.6 is 46.6 Å². The van der Waals surface area contributed by atoms with Crippen LogP contribution in [-0.4, -0.2) is 33.8 Å². The Balaban J connectivity index is 1.35. The number of alkyl halides is 3. The molecule has 4 atom stereocenters. The highest BCUT2D eigenvalue weighted by Crippen LogP contribution is 2.44. The lowest BCUT2D eigenvalue weighted by Gasteiger charge is -2.41. The molecule has 6 nitrogen and oxygen atoms in total. The second kappa shape index (κ2) is 15.2. The summed E-state index contributed by atoms with van der Waals surface area (Å²) in [4.78, 5) is 13.0. The summed E-state index contributed by atoms with van der Waals surface area (Å²) in [5.41, 5.74) is 5.64. The molecule has 236 valence electrons. The van der Waals surface area contributed by atoms with E-state index in [1.165, 1.54) is 0 Å². The minimum Gasteiger partial charge on any atom is -0.496 e. The molecule has 4 aromatic carbocycles. The fraction of sp³-hybridized carbons (Fsp3) is 0.286. The van der Waals surface area contributed by atoms with Gasteiger partial charge < -0.3 is 24.6 Å². The van der Waals surface area contributed by atoms with E-state index in [4.69, 9.17) is 49.0 Å². The average Bonchev–Trinajstić information content (AvgIpc) is 3.06. The standard InChI is InChI=1S/C35H34Cl3NO5S/c1-22-30(21-45-31-9-4-3-8-29(31)42-2)43-33(44-32(22)26-12-10-23(20-40)11-13-26)27-16-14-25(15-17-27)28-7-5-6-24(18-28)19-39-34(41)35(36,37)38/h3-18,22,30,32-33,40H,19-21H2,1-2H3,(H,39,41)/t22-,30+,32+,33+/m1/s1. The molecule has 2 N–H and O–H groups in total. The number of carbonyl (C=O) groups is 1. The maximum atomic E-state index is 12.0. The molecule has 1 aliphatic rings. The number of halogens is 3. The van der Waals surface area contributed by atoms with Gasteiger partial charge in [-0.3, -0.25) is 4.79 Å². The maximum absolute atomic E-state index is 12.0. The molecule has 45 heavy (non-hydrogen) atoms. The van der Waals surface area contributed by atoms with Gasteiger partial charge in [0.15, 0.2) is 6.29 Å². The van der Waals surface area contributed by atoms with Crippen molar-refractivity contribution in [3.8, 4) is 16.9 Å². The summed E-state index contributed by atoms with van der Waals surface area (Å²) in [5, 5.41) is 12.2.